The summed E-state index contributed by atoms with van der Waals surface area (Å²) in [5.74, 6) is 2.19. The van der Waals surface area contributed by atoms with E-state index < -0.39 is 0 Å². The van der Waals surface area contributed by atoms with E-state index in [2.05, 4.69) is 32.6 Å². The summed E-state index contributed by atoms with van der Waals surface area (Å²) < 4.78 is 0. The molecule has 1 saturated heterocycles. The Kier molecular flexibility index (Phi) is 7.55. The van der Waals surface area contributed by atoms with Crippen molar-refractivity contribution >= 4 is 40.7 Å². The number of rotatable bonds is 5. The Balaban J connectivity index is 0.00000288. The maximum absolute atomic E-state index is 10.9. The van der Waals surface area contributed by atoms with Crippen LogP contribution in [0.3, 0.4) is 0 Å². The van der Waals surface area contributed by atoms with Crippen LogP contribution in [0, 0.1) is 28.9 Å². The lowest BCUT2D eigenvalue weighted by molar-refractivity contribution is -0.384. The maximum Gasteiger partial charge on any atom is 0.269 e. The fourth-order valence-electron chi connectivity index (χ4n) is 2.71. The van der Waals surface area contributed by atoms with Crippen molar-refractivity contribution in [2.45, 2.75) is 40.7 Å². The molecule has 1 aliphatic rings. The van der Waals surface area contributed by atoms with Crippen molar-refractivity contribution < 1.29 is 4.92 Å². The number of hydrogen-bond acceptors (Lipinski definition) is 4. The van der Waals surface area contributed by atoms with Crippen LogP contribution in [0.2, 0.25) is 0 Å². The van der Waals surface area contributed by atoms with Crippen LogP contribution in [0.25, 0.3) is 0 Å². The quantitative estimate of drug-likeness (QED) is 0.537. The molecule has 0 saturated carbocycles. The second kappa shape index (κ2) is 8.72. The number of non-ortho nitro benzene ring substituents is 1. The largest absolute Gasteiger partial charge is 0.347 e. The average molecular weight is 372 g/mol. The molecular weight excluding hydrogens is 346 g/mol. The molecule has 7 heteroatoms. The van der Waals surface area contributed by atoms with Crippen LogP contribution in [0.1, 0.15) is 33.3 Å². The molecule has 134 valence electrons. The Bertz CT molecular complexity index is 620. The first-order chi connectivity index (χ1) is 10.8. The van der Waals surface area contributed by atoms with E-state index in [-0.39, 0.29) is 23.0 Å². The van der Waals surface area contributed by atoms with Gasteiger partial charge in [-0.1, -0.05) is 39.5 Å². The van der Waals surface area contributed by atoms with Crippen LogP contribution >= 0.6 is 24.2 Å². The number of aryl methyl sites for hydroxylation is 1. The Morgan fingerprint density at radius 2 is 2.04 bits per heavy atom. The molecule has 1 heterocycles. The van der Waals surface area contributed by atoms with Crippen molar-refractivity contribution in [3.8, 4) is 0 Å². The van der Waals surface area contributed by atoms with E-state index in [9.17, 15) is 10.1 Å². The molecule has 1 aromatic rings. The van der Waals surface area contributed by atoms with E-state index >= 15 is 0 Å². The Morgan fingerprint density at radius 1 is 1.38 bits per heavy atom. The lowest BCUT2D eigenvalue weighted by Gasteiger charge is -2.30. The van der Waals surface area contributed by atoms with Crippen molar-refractivity contribution in [3.63, 3.8) is 0 Å². The van der Waals surface area contributed by atoms with Gasteiger partial charge in [0.2, 0.25) is 0 Å². The molecular formula is C17H26ClN3O2S. The molecule has 1 fully saturated rings. The smallest absolute Gasteiger partial charge is 0.269 e. The SMILES string of the molecule is Cc1cc([N+](=O)[O-])ccc1/N=C1\SC[C@H](C(C)C)N1CC(C)C.Cl. The summed E-state index contributed by atoms with van der Waals surface area (Å²) in [5, 5.41) is 11.9. The summed E-state index contributed by atoms with van der Waals surface area (Å²) in [7, 11) is 0. The van der Waals surface area contributed by atoms with Crippen molar-refractivity contribution in [1.29, 1.82) is 0 Å². The van der Waals surface area contributed by atoms with Gasteiger partial charge in [0.05, 0.1) is 10.6 Å². The van der Waals surface area contributed by atoms with E-state index in [0.717, 1.165) is 28.7 Å². The lowest BCUT2D eigenvalue weighted by Crippen LogP contribution is -2.39. The third-order valence-electron chi connectivity index (χ3n) is 3.97. The summed E-state index contributed by atoms with van der Waals surface area (Å²) in [6, 6.07) is 5.36. The van der Waals surface area contributed by atoms with Crippen molar-refractivity contribution in [3.05, 3.63) is 33.9 Å². The summed E-state index contributed by atoms with van der Waals surface area (Å²) in [5.41, 5.74) is 1.77. The molecule has 0 unspecified atom stereocenters. The molecule has 1 atom stereocenters. The van der Waals surface area contributed by atoms with Gasteiger partial charge in [0, 0.05) is 30.5 Å². The van der Waals surface area contributed by atoms with E-state index in [1.165, 1.54) is 6.07 Å². The number of amidine groups is 1. The predicted molar refractivity (Wildman–Crippen MR) is 105 cm³/mol. The summed E-state index contributed by atoms with van der Waals surface area (Å²) in [6.07, 6.45) is 0. The lowest BCUT2D eigenvalue weighted by atomic mass is 10.0. The molecule has 0 N–H and O–H groups in total. The van der Waals surface area contributed by atoms with Crippen LogP contribution in [0.5, 0.6) is 0 Å². The zero-order valence-electron chi connectivity index (χ0n) is 14.9. The van der Waals surface area contributed by atoms with E-state index in [0.29, 0.717) is 17.9 Å². The topological polar surface area (TPSA) is 58.7 Å². The number of benzene rings is 1. The minimum Gasteiger partial charge on any atom is -0.347 e. The summed E-state index contributed by atoms with van der Waals surface area (Å²) in [6.45, 7) is 11.8. The number of nitro groups is 1. The van der Waals surface area contributed by atoms with Gasteiger partial charge in [-0.3, -0.25) is 10.1 Å². The average Bonchev–Trinajstić information content (AvgIpc) is 2.83. The highest BCUT2D eigenvalue weighted by molar-refractivity contribution is 8.14. The number of nitrogens with zero attached hydrogens (tertiary/aromatic N) is 3. The standard InChI is InChI=1S/C17H25N3O2S.ClH/c1-11(2)9-19-16(12(3)4)10-23-17(19)18-15-7-6-14(20(21)22)8-13(15)5;/h6-8,11-12,16H,9-10H2,1-5H3;1H/b18-17-;/t16-;/m1./s1. The summed E-state index contributed by atoms with van der Waals surface area (Å²) in [4.78, 5) is 17.7. The third kappa shape index (κ3) is 4.86. The number of halogens is 1. The van der Waals surface area contributed by atoms with Gasteiger partial charge in [-0.25, -0.2) is 4.99 Å². The number of nitro benzene ring substituents is 1. The van der Waals surface area contributed by atoms with Gasteiger partial charge in [0.1, 0.15) is 0 Å². The van der Waals surface area contributed by atoms with Gasteiger partial charge >= 0.3 is 0 Å². The minimum atomic E-state index is -0.367. The number of thioether (sulfide) groups is 1. The van der Waals surface area contributed by atoms with Crippen LogP contribution in [-0.2, 0) is 0 Å². The van der Waals surface area contributed by atoms with Gasteiger partial charge in [-0.15, -0.1) is 12.4 Å². The third-order valence-corrected chi connectivity index (χ3v) is 5.06. The number of aliphatic imine (C=N–C) groups is 1. The molecule has 0 radical (unpaired) electrons. The monoisotopic (exact) mass is 371 g/mol. The van der Waals surface area contributed by atoms with E-state index in [4.69, 9.17) is 4.99 Å². The highest BCUT2D eigenvalue weighted by atomic mass is 35.5. The molecule has 2 rings (SSSR count). The van der Waals surface area contributed by atoms with Crippen LogP contribution < -0.4 is 0 Å². The molecule has 0 bridgehead atoms. The predicted octanol–water partition coefficient (Wildman–Crippen LogP) is 5.04. The molecule has 0 aromatic heterocycles. The maximum atomic E-state index is 10.9. The van der Waals surface area contributed by atoms with Gasteiger partial charge in [-0.05, 0) is 30.4 Å². The molecule has 24 heavy (non-hydrogen) atoms. The normalized spacial score (nSPS) is 19.2. The molecule has 0 spiro atoms. The molecule has 0 amide bonds. The molecule has 5 nitrogen and oxygen atoms in total. The van der Waals surface area contributed by atoms with E-state index in [1.807, 2.05) is 6.92 Å². The molecule has 1 aromatic carbocycles. The fraction of sp³-hybridized carbons (Fsp3) is 0.588. The van der Waals surface area contributed by atoms with Gasteiger partial charge < -0.3 is 4.90 Å². The molecule has 1 aliphatic heterocycles. The van der Waals surface area contributed by atoms with E-state index in [1.54, 1.807) is 23.9 Å². The highest BCUT2D eigenvalue weighted by Crippen LogP contribution is 2.33. The Morgan fingerprint density at radius 3 is 2.54 bits per heavy atom. The Labute approximate surface area is 154 Å². The zero-order chi connectivity index (χ0) is 17.1. The second-order valence-electron chi connectivity index (χ2n) is 6.79. The molecule has 0 aliphatic carbocycles. The first kappa shape index (κ1) is 20.8. The van der Waals surface area contributed by atoms with Crippen molar-refractivity contribution in [1.82, 2.24) is 4.90 Å². The first-order valence-electron chi connectivity index (χ1n) is 8.02. The highest BCUT2D eigenvalue weighted by Gasteiger charge is 2.32. The van der Waals surface area contributed by atoms with Crippen LogP contribution in [0.15, 0.2) is 23.2 Å². The van der Waals surface area contributed by atoms with Crippen molar-refractivity contribution in [2.24, 2.45) is 16.8 Å². The minimum absolute atomic E-state index is 0. The Hall–Kier alpha value is -1.27. The van der Waals surface area contributed by atoms with Crippen LogP contribution in [0.4, 0.5) is 11.4 Å². The summed E-state index contributed by atoms with van der Waals surface area (Å²) >= 11 is 1.78. The first-order valence-corrected chi connectivity index (χ1v) is 9.01. The van der Waals surface area contributed by atoms with Gasteiger partial charge in [-0.2, -0.15) is 0 Å². The van der Waals surface area contributed by atoms with Crippen molar-refractivity contribution in [2.75, 3.05) is 12.3 Å². The van der Waals surface area contributed by atoms with Crippen LogP contribution in [-0.4, -0.2) is 33.3 Å². The fourth-order valence-corrected chi connectivity index (χ4v) is 4.14. The van der Waals surface area contributed by atoms with Gasteiger partial charge in [0.15, 0.2) is 5.17 Å². The zero-order valence-corrected chi connectivity index (χ0v) is 16.5. The van der Waals surface area contributed by atoms with Gasteiger partial charge in [0.25, 0.3) is 5.69 Å². The second-order valence-corrected chi connectivity index (χ2v) is 7.78. The number of hydrogen-bond donors (Lipinski definition) is 0.